The fourth-order valence-electron chi connectivity index (χ4n) is 3.69. The van der Waals surface area contributed by atoms with Crippen molar-refractivity contribution in [1.29, 1.82) is 0 Å². The number of aromatic nitrogens is 2. The van der Waals surface area contributed by atoms with E-state index in [1.54, 1.807) is 7.11 Å². The number of carbonyl (C=O) groups is 1. The molecule has 33 heavy (non-hydrogen) atoms. The monoisotopic (exact) mass is 460 g/mol. The zero-order valence-electron chi connectivity index (χ0n) is 20.1. The van der Waals surface area contributed by atoms with Crippen molar-refractivity contribution in [2.24, 2.45) is 0 Å². The molecule has 0 fully saturated rings. The molecule has 9 nitrogen and oxygen atoms in total. The second kappa shape index (κ2) is 11.4. The molecule has 182 valence electrons. The van der Waals surface area contributed by atoms with Gasteiger partial charge in [0.1, 0.15) is 17.2 Å². The molecule has 1 amide bonds. The third-order valence-corrected chi connectivity index (χ3v) is 5.13. The Labute approximate surface area is 195 Å². The smallest absolute Gasteiger partial charge is 0.407 e. The highest BCUT2D eigenvalue weighted by Crippen LogP contribution is 2.40. The summed E-state index contributed by atoms with van der Waals surface area (Å²) in [4.78, 5) is 22.2. The average molecular weight is 461 g/mol. The maximum absolute atomic E-state index is 11.7. The van der Waals surface area contributed by atoms with Gasteiger partial charge in [0.2, 0.25) is 0 Å². The van der Waals surface area contributed by atoms with E-state index in [1.165, 1.54) is 0 Å². The molecule has 1 aromatic heterocycles. The number of aliphatic hydroxyl groups excluding tert-OH is 1. The van der Waals surface area contributed by atoms with Gasteiger partial charge in [0, 0.05) is 44.9 Å². The van der Waals surface area contributed by atoms with Gasteiger partial charge in [-0.3, -0.25) is 0 Å². The predicted octanol–water partition coefficient (Wildman–Crippen LogP) is 3.26. The van der Waals surface area contributed by atoms with Gasteiger partial charge in [-0.2, -0.15) is 0 Å². The first-order valence-corrected chi connectivity index (χ1v) is 11.5. The highest BCUT2D eigenvalue weighted by Gasteiger charge is 2.26. The van der Waals surface area contributed by atoms with Crippen molar-refractivity contribution in [1.82, 2.24) is 15.3 Å². The molecular weight excluding hydrogens is 424 g/mol. The number of benzene rings is 1. The Balaban J connectivity index is 1.63. The first-order chi connectivity index (χ1) is 15.8. The number of nitrogens with zero attached hydrogens (tertiary/aromatic N) is 2. The molecule has 0 atom stereocenters. The molecule has 2 aromatic rings. The van der Waals surface area contributed by atoms with Crippen molar-refractivity contribution < 1.29 is 24.1 Å². The summed E-state index contributed by atoms with van der Waals surface area (Å²) in [6.45, 7) is 8.64. The van der Waals surface area contributed by atoms with Crippen LogP contribution in [0.2, 0.25) is 0 Å². The Hall–Kier alpha value is -2.78. The van der Waals surface area contributed by atoms with Crippen LogP contribution in [-0.4, -0.2) is 66.8 Å². The molecule has 0 saturated heterocycles. The van der Waals surface area contributed by atoms with E-state index >= 15 is 0 Å². The van der Waals surface area contributed by atoms with Crippen LogP contribution >= 0.6 is 0 Å². The summed E-state index contributed by atoms with van der Waals surface area (Å²) in [7, 11) is 1.68. The van der Waals surface area contributed by atoms with E-state index in [2.05, 4.69) is 15.2 Å². The SMILES string of the molecule is COCCc1nc2c([nH]1)CN(CCCO)c1cc(OCCCNC(=O)OC(C)(C)C)ccc1-2. The minimum Gasteiger partial charge on any atom is -0.493 e. The Kier molecular flexibility index (Phi) is 8.57. The van der Waals surface area contributed by atoms with Gasteiger partial charge in [-0.05, 0) is 45.7 Å². The quantitative estimate of drug-likeness (QED) is 0.442. The van der Waals surface area contributed by atoms with Gasteiger partial charge in [0.25, 0.3) is 0 Å². The second-order valence-corrected chi connectivity index (χ2v) is 9.06. The lowest BCUT2D eigenvalue weighted by Crippen LogP contribution is -2.33. The predicted molar refractivity (Wildman–Crippen MR) is 127 cm³/mol. The van der Waals surface area contributed by atoms with Crippen molar-refractivity contribution in [2.45, 2.75) is 52.2 Å². The maximum atomic E-state index is 11.7. The summed E-state index contributed by atoms with van der Waals surface area (Å²) in [6.07, 6.45) is 1.65. The van der Waals surface area contributed by atoms with E-state index < -0.39 is 11.7 Å². The minimum absolute atomic E-state index is 0.140. The number of amides is 1. The van der Waals surface area contributed by atoms with E-state index in [0.717, 1.165) is 47.2 Å². The molecule has 9 heteroatoms. The lowest BCUT2D eigenvalue weighted by atomic mass is 10.0. The van der Waals surface area contributed by atoms with E-state index in [9.17, 15) is 9.90 Å². The van der Waals surface area contributed by atoms with Gasteiger partial charge in [0.15, 0.2) is 0 Å². The number of alkyl carbamates (subject to hydrolysis) is 1. The maximum Gasteiger partial charge on any atom is 0.407 e. The minimum atomic E-state index is -0.510. The fraction of sp³-hybridized carbons (Fsp3) is 0.583. The fourth-order valence-corrected chi connectivity index (χ4v) is 3.69. The van der Waals surface area contributed by atoms with Crippen molar-refractivity contribution in [3.63, 3.8) is 0 Å². The number of fused-ring (bicyclic) bond motifs is 3. The summed E-state index contributed by atoms with van der Waals surface area (Å²) in [6, 6.07) is 6.01. The van der Waals surface area contributed by atoms with E-state index in [-0.39, 0.29) is 6.61 Å². The number of hydrogen-bond acceptors (Lipinski definition) is 7. The number of ether oxygens (including phenoxy) is 3. The number of anilines is 1. The zero-order valence-corrected chi connectivity index (χ0v) is 20.1. The number of imidazole rings is 1. The van der Waals surface area contributed by atoms with Crippen LogP contribution in [0.4, 0.5) is 10.5 Å². The number of H-pyrrole nitrogens is 1. The topological polar surface area (TPSA) is 109 Å². The van der Waals surface area contributed by atoms with Gasteiger partial charge < -0.3 is 34.5 Å². The molecule has 3 N–H and O–H groups in total. The summed E-state index contributed by atoms with van der Waals surface area (Å²) < 4.78 is 16.4. The van der Waals surface area contributed by atoms with Crippen molar-refractivity contribution in [2.75, 3.05) is 44.9 Å². The molecule has 1 aliphatic rings. The summed E-state index contributed by atoms with van der Waals surface area (Å²) in [5.74, 6) is 1.67. The molecule has 0 aliphatic carbocycles. The Morgan fingerprint density at radius 3 is 2.82 bits per heavy atom. The van der Waals surface area contributed by atoms with Gasteiger partial charge in [0.05, 0.1) is 36.8 Å². The largest absolute Gasteiger partial charge is 0.493 e. The number of aromatic amines is 1. The summed E-state index contributed by atoms with van der Waals surface area (Å²) >= 11 is 0. The van der Waals surface area contributed by atoms with E-state index in [4.69, 9.17) is 19.2 Å². The van der Waals surface area contributed by atoms with Crippen LogP contribution < -0.4 is 15.0 Å². The van der Waals surface area contributed by atoms with Crippen molar-refractivity contribution in [3.05, 3.63) is 29.7 Å². The van der Waals surface area contributed by atoms with Crippen LogP contribution in [0.5, 0.6) is 5.75 Å². The Morgan fingerprint density at radius 1 is 1.27 bits per heavy atom. The molecule has 0 unspecified atom stereocenters. The lowest BCUT2D eigenvalue weighted by Gasteiger charge is -2.31. The molecule has 2 heterocycles. The van der Waals surface area contributed by atoms with Gasteiger partial charge in [-0.1, -0.05) is 0 Å². The molecule has 0 saturated carbocycles. The first-order valence-electron chi connectivity index (χ1n) is 11.5. The third-order valence-electron chi connectivity index (χ3n) is 5.13. The normalized spacial score (nSPS) is 12.8. The van der Waals surface area contributed by atoms with Crippen LogP contribution in [0.15, 0.2) is 18.2 Å². The number of aliphatic hydroxyl groups is 1. The summed E-state index contributed by atoms with van der Waals surface area (Å²) in [5, 5.41) is 12.1. The number of carbonyl (C=O) groups excluding carboxylic acids is 1. The van der Waals surface area contributed by atoms with Crippen molar-refractivity contribution in [3.8, 4) is 17.0 Å². The van der Waals surface area contributed by atoms with Crippen LogP contribution in [0.25, 0.3) is 11.3 Å². The Morgan fingerprint density at radius 2 is 2.09 bits per heavy atom. The van der Waals surface area contributed by atoms with Crippen LogP contribution in [0.1, 0.15) is 45.1 Å². The molecule has 3 rings (SSSR count). The second-order valence-electron chi connectivity index (χ2n) is 9.06. The van der Waals surface area contributed by atoms with Gasteiger partial charge >= 0.3 is 6.09 Å². The van der Waals surface area contributed by atoms with Crippen LogP contribution in [0, 0.1) is 0 Å². The molecule has 1 aromatic carbocycles. The van der Waals surface area contributed by atoms with E-state index in [1.807, 2.05) is 39.0 Å². The highest BCUT2D eigenvalue weighted by molar-refractivity contribution is 5.82. The number of methoxy groups -OCH3 is 1. The van der Waals surface area contributed by atoms with Gasteiger partial charge in [-0.15, -0.1) is 0 Å². The van der Waals surface area contributed by atoms with Crippen molar-refractivity contribution >= 4 is 11.8 Å². The molecule has 0 spiro atoms. The average Bonchev–Trinajstić information content (AvgIpc) is 3.17. The number of nitrogens with one attached hydrogen (secondary N) is 2. The molecular formula is C24H36N4O5. The molecule has 0 bridgehead atoms. The van der Waals surface area contributed by atoms with Gasteiger partial charge in [-0.25, -0.2) is 9.78 Å². The molecule has 1 aliphatic heterocycles. The number of rotatable bonds is 11. The van der Waals surface area contributed by atoms with Crippen LogP contribution in [0.3, 0.4) is 0 Å². The first kappa shape index (κ1) is 24.9. The Bertz CT molecular complexity index is 922. The lowest BCUT2D eigenvalue weighted by molar-refractivity contribution is 0.0525. The summed E-state index contributed by atoms with van der Waals surface area (Å²) in [5.41, 5.74) is 3.63. The zero-order chi connectivity index (χ0) is 23.8. The third kappa shape index (κ3) is 7.10. The standard InChI is InChI=1S/C24H36N4O5/c1-24(2,3)33-23(30)25-10-5-13-32-17-7-8-18-20(15-17)28(11-6-12-29)16-19-22(18)27-21(26-19)9-14-31-4/h7-8,15,29H,5-6,9-14,16H2,1-4H3,(H,25,30)(H,26,27). The van der Waals surface area contributed by atoms with E-state index in [0.29, 0.717) is 39.1 Å². The highest BCUT2D eigenvalue weighted by atomic mass is 16.6. The number of hydrogen-bond donors (Lipinski definition) is 3. The molecule has 0 radical (unpaired) electrons. The van der Waals surface area contributed by atoms with Crippen LogP contribution in [-0.2, 0) is 22.4 Å².